The minimum atomic E-state index is -0.334. The zero-order chi connectivity index (χ0) is 23.8. The molecule has 0 bridgehead atoms. The number of rotatable bonds is 7. The fraction of sp³-hybridized carbons (Fsp3) is 0.259. The second-order valence-electron chi connectivity index (χ2n) is 8.56. The summed E-state index contributed by atoms with van der Waals surface area (Å²) in [6.45, 7) is 4.80. The van der Waals surface area contributed by atoms with Crippen molar-refractivity contribution in [3.8, 4) is 0 Å². The topological polar surface area (TPSA) is 76.7 Å². The van der Waals surface area contributed by atoms with E-state index in [1.54, 1.807) is 24.3 Å². The number of anilines is 2. The normalized spacial score (nSPS) is 15.3. The van der Waals surface area contributed by atoms with Crippen LogP contribution in [0.3, 0.4) is 0 Å². The highest BCUT2D eigenvalue weighted by molar-refractivity contribution is 6.00. The second-order valence-corrected chi connectivity index (χ2v) is 8.56. The predicted octanol–water partition coefficient (Wildman–Crippen LogP) is 4.05. The first-order valence-electron chi connectivity index (χ1n) is 11.6. The number of piperazine rings is 1. The molecule has 0 aliphatic carbocycles. The number of urea groups is 1. The lowest BCUT2D eigenvalue weighted by Gasteiger charge is -2.35. The minimum absolute atomic E-state index is 0.105. The lowest BCUT2D eigenvalue weighted by Crippen LogP contribution is -2.47. The molecule has 0 spiro atoms. The van der Waals surface area contributed by atoms with Crippen molar-refractivity contribution >= 4 is 23.3 Å². The Morgan fingerprint density at radius 2 is 1.32 bits per heavy atom. The molecule has 7 heteroatoms. The van der Waals surface area contributed by atoms with Gasteiger partial charge < -0.3 is 20.9 Å². The standard InChI is InChI=1S/C27H31N5O2/c1-31-16-18-32(19-17-31)20-25(21-8-4-2-5-9-21)30-26(33)22-12-14-24(15-13-22)29-27(34)28-23-10-6-3-7-11-23/h2-15,25H,16-20H2,1H3,(H,30,33)(H2,28,29,34). The molecule has 1 saturated heterocycles. The van der Waals surface area contributed by atoms with Crippen LogP contribution in [0.15, 0.2) is 84.9 Å². The molecule has 3 amide bonds. The van der Waals surface area contributed by atoms with Crippen molar-refractivity contribution in [2.75, 3.05) is 50.4 Å². The molecule has 4 rings (SSSR count). The van der Waals surface area contributed by atoms with E-state index in [2.05, 4.69) is 44.9 Å². The van der Waals surface area contributed by atoms with Crippen LogP contribution in [-0.4, -0.2) is 61.5 Å². The number of para-hydroxylation sites is 1. The van der Waals surface area contributed by atoms with Gasteiger partial charge in [0.2, 0.25) is 0 Å². The van der Waals surface area contributed by atoms with Gasteiger partial charge in [0, 0.05) is 49.7 Å². The van der Waals surface area contributed by atoms with Crippen LogP contribution in [0.1, 0.15) is 22.0 Å². The van der Waals surface area contributed by atoms with E-state index in [0.29, 0.717) is 16.9 Å². The van der Waals surface area contributed by atoms with E-state index >= 15 is 0 Å². The fourth-order valence-electron chi connectivity index (χ4n) is 3.97. The SMILES string of the molecule is CN1CCN(CC(NC(=O)c2ccc(NC(=O)Nc3ccccc3)cc2)c2ccccc2)CC1. The van der Waals surface area contributed by atoms with E-state index in [9.17, 15) is 9.59 Å². The zero-order valence-corrected chi connectivity index (χ0v) is 19.4. The summed E-state index contributed by atoms with van der Waals surface area (Å²) in [4.78, 5) is 30.0. The Morgan fingerprint density at radius 3 is 1.94 bits per heavy atom. The predicted molar refractivity (Wildman–Crippen MR) is 136 cm³/mol. The maximum absolute atomic E-state index is 13.1. The van der Waals surface area contributed by atoms with Gasteiger partial charge >= 0.3 is 6.03 Å². The van der Waals surface area contributed by atoms with Crippen molar-refractivity contribution in [2.45, 2.75) is 6.04 Å². The number of benzene rings is 3. The summed E-state index contributed by atoms with van der Waals surface area (Å²) in [6, 6.07) is 25.8. The molecular formula is C27H31N5O2. The Labute approximate surface area is 200 Å². The summed E-state index contributed by atoms with van der Waals surface area (Å²) >= 11 is 0. The van der Waals surface area contributed by atoms with Gasteiger partial charge in [0.25, 0.3) is 5.91 Å². The van der Waals surface area contributed by atoms with Gasteiger partial charge in [0.1, 0.15) is 0 Å². The van der Waals surface area contributed by atoms with Crippen LogP contribution >= 0.6 is 0 Å². The smallest absolute Gasteiger partial charge is 0.323 e. The van der Waals surface area contributed by atoms with Gasteiger partial charge in [-0.05, 0) is 49.0 Å². The average molecular weight is 458 g/mol. The van der Waals surface area contributed by atoms with E-state index in [1.807, 2.05) is 48.5 Å². The van der Waals surface area contributed by atoms with E-state index in [1.165, 1.54) is 0 Å². The maximum Gasteiger partial charge on any atom is 0.323 e. The third-order valence-corrected chi connectivity index (χ3v) is 5.98. The minimum Gasteiger partial charge on any atom is -0.344 e. The van der Waals surface area contributed by atoms with E-state index in [0.717, 1.165) is 38.3 Å². The van der Waals surface area contributed by atoms with Crippen LogP contribution in [0.2, 0.25) is 0 Å². The van der Waals surface area contributed by atoms with Crippen LogP contribution in [0.5, 0.6) is 0 Å². The summed E-state index contributed by atoms with van der Waals surface area (Å²) in [7, 11) is 2.14. The molecule has 0 saturated carbocycles. The Morgan fingerprint density at radius 1 is 0.765 bits per heavy atom. The van der Waals surface area contributed by atoms with Crippen molar-refractivity contribution < 1.29 is 9.59 Å². The number of carbonyl (C=O) groups is 2. The third kappa shape index (κ3) is 6.66. The number of hydrogen-bond acceptors (Lipinski definition) is 4. The second kappa shape index (κ2) is 11.4. The van der Waals surface area contributed by atoms with Gasteiger partial charge in [-0.1, -0.05) is 48.5 Å². The van der Waals surface area contributed by atoms with Crippen molar-refractivity contribution in [1.82, 2.24) is 15.1 Å². The van der Waals surface area contributed by atoms with Gasteiger partial charge in [0.15, 0.2) is 0 Å². The Hall–Kier alpha value is -3.68. The van der Waals surface area contributed by atoms with Crippen molar-refractivity contribution in [1.29, 1.82) is 0 Å². The molecule has 0 radical (unpaired) electrons. The van der Waals surface area contributed by atoms with Crippen molar-refractivity contribution in [3.05, 3.63) is 96.1 Å². The Bertz CT molecular complexity index is 1070. The van der Waals surface area contributed by atoms with Crippen LogP contribution in [0, 0.1) is 0 Å². The molecule has 34 heavy (non-hydrogen) atoms. The van der Waals surface area contributed by atoms with Crippen LogP contribution < -0.4 is 16.0 Å². The molecule has 7 nitrogen and oxygen atoms in total. The molecule has 1 aliphatic rings. The number of likely N-dealkylation sites (N-methyl/N-ethyl adjacent to an activating group) is 1. The number of amides is 3. The highest BCUT2D eigenvalue weighted by Gasteiger charge is 2.21. The molecule has 176 valence electrons. The third-order valence-electron chi connectivity index (χ3n) is 5.98. The first-order valence-corrected chi connectivity index (χ1v) is 11.6. The van der Waals surface area contributed by atoms with Gasteiger partial charge in [-0.15, -0.1) is 0 Å². The molecule has 3 N–H and O–H groups in total. The number of carbonyl (C=O) groups excluding carboxylic acids is 2. The number of nitrogens with zero attached hydrogens (tertiary/aromatic N) is 2. The molecule has 1 fully saturated rings. The van der Waals surface area contributed by atoms with E-state index in [-0.39, 0.29) is 18.0 Å². The number of nitrogens with one attached hydrogen (secondary N) is 3. The van der Waals surface area contributed by atoms with Gasteiger partial charge in [-0.3, -0.25) is 9.69 Å². The highest BCUT2D eigenvalue weighted by Crippen LogP contribution is 2.18. The number of hydrogen-bond donors (Lipinski definition) is 3. The summed E-state index contributed by atoms with van der Waals surface area (Å²) in [5.41, 5.74) is 2.96. The molecule has 1 unspecified atom stereocenters. The van der Waals surface area contributed by atoms with Gasteiger partial charge in [0.05, 0.1) is 6.04 Å². The molecule has 0 aromatic heterocycles. The van der Waals surface area contributed by atoms with Gasteiger partial charge in [-0.2, -0.15) is 0 Å². The summed E-state index contributed by atoms with van der Waals surface area (Å²) in [5.74, 6) is -0.136. The first kappa shape index (κ1) is 23.5. The monoisotopic (exact) mass is 457 g/mol. The van der Waals surface area contributed by atoms with Crippen LogP contribution in [-0.2, 0) is 0 Å². The summed E-state index contributed by atoms with van der Waals surface area (Å²) in [6.07, 6.45) is 0. The van der Waals surface area contributed by atoms with Crippen LogP contribution in [0.25, 0.3) is 0 Å². The van der Waals surface area contributed by atoms with E-state index in [4.69, 9.17) is 0 Å². The van der Waals surface area contributed by atoms with Crippen molar-refractivity contribution in [2.24, 2.45) is 0 Å². The molecular weight excluding hydrogens is 426 g/mol. The fourth-order valence-corrected chi connectivity index (χ4v) is 3.97. The van der Waals surface area contributed by atoms with Gasteiger partial charge in [-0.25, -0.2) is 4.79 Å². The molecule has 1 aliphatic heterocycles. The quantitative estimate of drug-likeness (QED) is 0.500. The lowest BCUT2D eigenvalue weighted by atomic mass is 10.0. The summed E-state index contributed by atoms with van der Waals surface area (Å²) in [5, 5.41) is 8.77. The van der Waals surface area contributed by atoms with Crippen molar-refractivity contribution in [3.63, 3.8) is 0 Å². The molecule has 3 aromatic carbocycles. The Balaban J connectivity index is 1.37. The molecule has 1 atom stereocenters. The maximum atomic E-state index is 13.1. The molecule has 3 aromatic rings. The van der Waals surface area contributed by atoms with E-state index < -0.39 is 0 Å². The Kier molecular flexibility index (Phi) is 7.91. The summed E-state index contributed by atoms with van der Waals surface area (Å²) < 4.78 is 0. The lowest BCUT2D eigenvalue weighted by molar-refractivity contribution is 0.0907. The first-order chi connectivity index (χ1) is 16.6. The molecule has 1 heterocycles. The van der Waals surface area contributed by atoms with Crippen LogP contribution in [0.4, 0.5) is 16.2 Å². The largest absolute Gasteiger partial charge is 0.344 e. The highest BCUT2D eigenvalue weighted by atomic mass is 16.2. The zero-order valence-electron chi connectivity index (χ0n) is 19.4. The average Bonchev–Trinajstić information content (AvgIpc) is 2.86.